The predicted molar refractivity (Wildman–Crippen MR) is 66.8 cm³/mol. The number of nitrogens with zero attached hydrogens (tertiary/aromatic N) is 1. The summed E-state index contributed by atoms with van der Waals surface area (Å²) < 4.78 is 5.37. The topological polar surface area (TPSA) is 12.5 Å². The van der Waals surface area contributed by atoms with Crippen molar-refractivity contribution in [3.63, 3.8) is 0 Å². The first-order valence-corrected chi connectivity index (χ1v) is 5.96. The molecule has 0 bridgehead atoms. The van der Waals surface area contributed by atoms with Crippen molar-refractivity contribution < 1.29 is 4.74 Å². The average Bonchev–Trinajstić information content (AvgIpc) is 2.73. The van der Waals surface area contributed by atoms with Gasteiger partial charge in [-0.3, -0.25) is 0 Å². The van der Waals surface area contributed by atoms with E-state index in [1.54, 1.807) is 0 Å². The number of hydrogen-bond acceptors (Lipinski definition) is 2. The number of likely N-dealkylation sites (N-methyl/N-ethyl adjacent to an activating group) is 1. The Balaban J connectivity index is 2.05. The molecule has 2 heterocycles. The molecule has 1 aromatic carbocycles. The molecule has 0 saturated carbocycles. The van der Waals surface area contributed by atoms with E-state index in [4.69, 9.17) is 4.74 Å². The van der Waals surface area contributed by atoms with Crippen LogP contribution in [0.15, 0.2) is 24.3 Å². The molecule has 0 spiro atoms. The minimum Gasteiger partial charge on any atom is -0.377 e. The summed E-state index contributed by atoms with van der Waals surface area (Å²) >= 11 is 0. The van der Waals surface area contributed by atoms with Crippen molar-refractivity contribution >= 4 is 11.3 Å². The lowest BCUT2D eigenvalue weighted by atomic mass is 9.95. The second kappa shape index (κ2) is 3.95. The maximum Gasteiger partial charge on any atom is 0.0653 e. The molecule has 84 valence electrons. The maximum absolute atomic E-state index is 5.37. The highest BCUT2D eigenvalue weighted by Gasteiger charge is 2.20. The van der Waals surface area contributed by atoms with Crippen LogP contribution in [-0.4, -0.2) is 26.8 Å². The Kier molecular flexibility index (Phi) is 2.44. The number of ether oxygens (including phenoxy) is 1. The molecule has 0 amide bonds. The Morgan fingerprint density at radius 3 is 3.00 bits per heavy atom. The second-order valence-corrected chi connectivity index (χ2v) is 4.53. The molecule has 0 radical (unpaired) electrons. The van der Waals surface area contributed by atoms with E-state index in [0.717, 1.165) is 26.2 Å². The Bertz CT molecular complexity index is 436. The van der Waals surface area contributed by atoms with Crippen LogP contribution in [0, 0.1) is 0 Å². The number of rotatable bonds is 1. The number of anilines is 1. The van der Waals surface area contributed by atoms with Crippen molar-refractivity contribution in [3.8, 4) is 0 Å². The summed E-state index contributed by atoms with van der Waals surface area (Å²) in [6.45, 7) is 2.79. The molecule has 0 atom stereocenters. The Morgan fingerprint density at radius 1 is 1.25 bits per heavy atom. The molecule has 2 aliphatic rings. The molecular formula is C14H17NO. The average molecular weight is 215 g/mol. The summed E-state index contributed by atoms with van der Waals surface area (Å²) in [4.78, 5) is 2.35. The third-order valence-corrected chi connectivity index (χ3v) is 3.57. The van der Waals surface area contributed by atoms with Crippen LogP contribution in [0.25, 0.3) is 5.57 Å². The van der Waals surface area contributed by atoms with Gasteiger partial charge in [-0.1, -0.05) is 18.2 Å². The third-order valence-electron chi connectivity index (χ3n) is 3.57. The zero-order valence-electron chi connectivity index (χ0n) is 9.70. The third kappa shape index (κ3) is 1.54. The van der Waals surface area contributed by atoms with Gasteiger partial charge in [-0.05, 0) is 35.6 Å². The fourth-order valence-corrected chi connectivity index (χ4v) is 2.67. The lowest BCUT2D eigenvalue weighted by Crippen LogP contribution is -2.12. The zero-order valence-corrected chi connectivity index (χ0v) is 9.70. The molecule has 2 aliphatic heterocycles. The van der Waals surface area contributed by atoms with Crippen LogP contribution < -0.4 is 4.90 Å². The monoisotopic (exact) mass is 215 g/mol. The largest absolute Gasteiger partial charge is 0.377 e. The molecule has 0 N–H and O–H groups in total. The van der Waals surface area contributed by atoms with E-state index in [9.17, 15) is 0 Å². The van der Waals surface area contributed by atoms with E-state index in [1.165, 1.54) is 28.8 Å². The highest BCUT2D eigenvalue weighted by molar-refractivity contribution is 5.75. The molecule has 1 aromatic rings. The predicted octanol–water partition coefficient (Wildman–Crippen LogP) is 2.48. The number of benzene rings is 1. The first-order chi connectivity index (χ1) is 7.86. The van der Waals surface area contributed by atoms with Gasteiger partial charge in [0.1, 0.15) is 0 Å². The summed E-state index contributed by atoms with van der Waals surface area (Å²) in [5, 5.41) is 0. The quantitative estimate of drug-likeness (QED) is 0.713. The van der Waals surface area contributed by atoms with Gasteiger partial charge in [0.25, 0.3) is 0 Å². The first kappa shape index (κ1) is 9.91. The van der Waals surface area contributed by atoms with Gasteiger partial charge < -0.3 is 9.64 Å². The van der Waals surface area contributed by atoms with Gasteiger partial charge in [-0.15, -0.1) is 0 Å². The van der Waals surface area contributed by atoms with E-state index in [0.29, 0.717) is 0 Å². The SMILES string of the molecule is CN1CCc2c(C3=CCOCC3)cccc21. The lowest BCUT2D eigenvalue weighted by molar-refractivity contribution is 0.161. The molecule has 2 heteroatoms. The Morgan fingerprint density at radius 2 is 2.19 bits per heavy atom. The van der Waals surface area contributed by atoms with Crippen LogP contribution >= 0.6 is 0 Å². The smallest absolute Gasteiger partial charge is 0.0653 e. The van der Waals surface area contributed by atoms with E-state index in [-0.39, 0.29) is 0 Å². The van der Waals surface area contributed by atoms with E-state index in [1.807, 2.05) is 0 Å². The molecular weight excluding hydrogens is 198 g/mol. The van der Waals surface area contributed by atoms with Gasteiger partial charge in [0.15, 0.2) is 0 Å². The molecule has 16 heavy (non-hydrogen) atoms. The van der Waals surface area contributed by atoms with Gasteiger partial charge >= 0.3 is 0 Å². The van der Waals surface area contributed by atoms with Crippen molar-refractivity contribution in [2.24, 2.45) is 0 Å². The number of fused-ring (bicyclic) bond motifs is 1. The van der Waals surface area contributed by atoms with E-state index < -0.39 is 0 Å². The molecule has 0 saturated heterocycles. The molecule has 3 rings (SSSR count). The normalized spacial score (nSPS) is 19.6. The Hall–Kier alpha value is -1.28. The van der Waals surface area contributed by atoms with Crippen molar-refractivity contribution in [2.75, 3.05) is 31.7 Å². The van der Waals surface area contributed by atoms with Crippen molar-refractivity contribution in [1.29, 1.82) is 0 Å². The lowest BCUT2D eigenvalue weighted by Gasteiger charge is -2.17. The van der Waals surface area contributed by atoms with Crippen molar-refractivity contribution in [2.45, 2.75) is 12.8 Å². The van der Waals surface area contributed by atoms with Gasteiger partial charge in [-0.2, -0.15) is 0 Å². The minimum absolute atomic E-state index is 0.773. The van der Waals surface area contributed by atoms with Gasteiger partial charge in [0, 0.05) is 19.3 Å². The van der Waals surface area contributed by atoms with Crippen LogP contribution in [0.5, 0.6) is 0 Å². The summed E-state index contributed by atoms with van der Waals surface area (Å²) in [6, 6.07) is 6.66. The van der Waals surface area contributed by atoms with Crippen LogP contribution in [0.3, 0.4) is 0 Å². The maximum atomic E-state index is 5.37. The number of hydrogen-bond donors (Lipinski definition) is 0. The first-order valence-electron chi connectivity index (χ1n) is 5.96. The van der Waals surface area contributed by atoms with Crippen LogP contribution in [0.4, 0.5) is 5.69 Å². The summed E-state index contributed by atoms with van der Waals surface area (Å²) in [7, 11) is 2.17. The van der Waals surface area contributed by atoms with Gasteiger partial charge in [0.05, 0.1) is 13.2 Å². The summed E-state index contributed by atoms with van der Waals surface area (Å²) in [5.74, 6) is 0. The molecule has 0 unspecified atom stereocenters. The highest BCUT2D eigenvalue weighted by Crippen LogP contribution is 2.34. The van der Waals surface area contributed by atoms with Crippen LogP contribution in [-0.2, 0) is 11.2 Å². The second-order valence-electron chi connectivity index (χ2n) is 4.53. The standard InChI is InChI=1S/C14H17NO/c1-15-8-5-13-12(3-2-4-14(13)15)11-6-9-16-10-7-11/h2-4,6H,5,7-10H2,1H3. The Labute approximate surface area is 96.5 Å². The molecule has 0 fully saturated rings. The van der Waals surface area contributed by atoms with Gasteiger partial charge in [0.2, 0.25) is 0 Å². The van der Waals surface area contributed by atoms with Crippen molar-refractivity contribution in [3.05, 3.63) is 35.4 Å². The van der Waals surface area contributed by atoms with Gasteiger partial charge in [-0.25, -0.2) is 0 Å². The van der Waals surface area contributed by atoms with Crippen LogP contribution in [0.1, 0.15) is 17.5 Å². The highest BCUT2D eigenvalue weighted by atomic mass is 16.5. The summed E-state index contributed by atoms with van der Waals surface area (Å²) in [5.41, 5.74) is 5.85. The fourth-order valence-electron chi connectivity index (χ4n) is 2.67. The molecule has 0 aromatic heterocycles. The molecule has 0 aliphatic carbocycles. The minimum atomic E-state index is 0.773. The van der Waals surface area contributed by atoms with Crippen LogP contribution in [0.2, 0.25) is 0 Å². The van der Waals surface area contributed by atoms with E-state index >= 15 is 0 Å². The van der Waals surface area contributed by atoms with Crippen molar-refractivity contribution in [1.82, 2.24) is 0 Å². The molecule has 2 nitrogen and oxygen atoms in total. The zero-order chi connectivity index (χ0) is 11.0. The summed E-state index contributed by atoms with van der Waals surface area (Å²) in [6.07, 6.45) is 4.47. The fraction of sp³-hybridized carbons (Fsp3) is 0.429. The van der Waals surface area contributed by atoms with E-state index in [2.05, 4.69) is 36.2 Å².